The maximum atomic E-state index is 13.1. The Morgan fingerprint density at radius 1 is 0.583 bits per heavy atom. The van der Waals surface area contributed by atoms with E-state index in [0.717, 1.165) is 51.4 Å². The Bertz CT molecular complexity index is 1070. The van der Waals surface area contributed by atoms with Crippen molar-refractivity contribution in [2.75, 3.05) is 13.2 Å². The summed E-state index contributed by atoms with van der Waals surface area (Å²) in [5.41, 5.74) is 0. The predicted octanol–water partition coefficient (Wildman–Crippen LogP) is 8.39. The Morgan fingerprint density at radius 2 is 1.03 bits per heavy atom. The fourth-order valence-electron chi connectivity index (χ4n) is 7.66. The van der Waals surface area contributed by atoms with Crippen LogP contribution in [0.15, 0.2) is 36.5 Å². The van der Waals surface area contributed by atoms with E-state index >= 15 is 0 Å². The molecule has 0 radical (unpaired) electrons. The van der Waals surface area contributed by atoms with E-state index in [1.807, 2.05) is 0 Å². The van der Waals surface area contributed by atoms with Crippen LogP contribution in [0.1, 0.15) is 200 Å². The first-order valence-electron chi connectivity index (χ1n) is 24.4. The fraction of sp³-hybridized carbons (Fsp3) is 0.857. The number of carbonyl (C=O) groups is 1. The highest BCUT2D eigenvalue weighted by molar-refractivity contribution is 5.80. The zero-order valence-corrected chi connectivity index (χ0v) is 37.9. The summed E-state index contributed by atoms with van der Waals surface area (Å²) >= 11 is 0. The summed E-state index contributed by atoms with van der Waals surface area (Å²) in [5, 5.41) is 75.6. The topological polar surface area (TPSA) is 189 Å². The molecule has 60 heavy (non-hydrogen) atoms. The molecular weight excluding hydrogens is 763 g/mol. The second kappa shape index (κ2) is 39.0. The molecule has 0 spiro atoms. The summed E-state index contributed by atoms with van der Waals surface area (Å²) in [4.78, 5) is 13.1. The lowest BCUT2D eigenvalue weighted by Crippen LogP contribution is -2.60. The molecule has 8 N–H and O–H groups in total. The molecule has 1 aliphatic rings. The van der Waals surface area contributed by atoms with Gasteiger partial charge in [0.2, 0.25) is 5.91 Å². The SMILES string of the molecule is CC/C=C/CC/C=C/CC/C=C/CCCC(O)C(O)C(COC1OC(CO)C(O)C(O)C1O)NC(=O)C(O)CCCCCCCCCCCCCCCCCCCCCC. The van der Waals surface area contributed by atoms with Gasteiger partial charge in [0.25, 0.3) is 0 Å². The molecule has 1 saturated heterocycles. The average molecular weight is 854 g/mol. The zero-order valence-electron chi connectivity index (χ0n) is 37.9. The van der Waals surface area contributed by atoms with E-state index in [9.17, 15) is 40.5 Å². The van der Waals surface area contributed by atoms with Crippen molar-refractivity contribution in [3.8, 4) is 0 Å². The van der Waals surface area contributed by atoms with Crippen LogP contribution < -0.4 is 5.32 Å². The number of carbonyl (C=O) groups excluding carboxylic acids is 1. The van der Waals surface area contributed by atoms with E-state index in [0.29, 0.717) is 19.3 Å². The zero-order chi connectivity index (χ0) is 44.1. The van der Waals surface area contributed by atoms with Crippen LogP contribution in [0, 0.1) is 0 Å². The highest BCUT2D eigenvalue weighted by atomic mass is 16.7. The third-order valence-corrected chi connectivity index (χ3v) is 11.7. The summed E-state index contributed by atoms with van der Waals surface area (Å²) in [7, 11) is 0. The largest absolute Gasteiger partial charge is 0.394 e. The van der Waals surface area contributed by atoms with Gasteiger partial charge in [0.15, 0.2) is 6.29 Å². The first-order chi connectivity index (χ1) is 29.2. The lowest BCUT2D eigenvalue weighted by Gasteiger charge is -2.40. The molecule has 1 rings (SSSR count). The number of hydrogen-bond donors (Lipinski definition) is 8. The number of hydrogen-bond acceptors (Lipinski definition) is 10. The average Bonchev–Trinajstić information content (AvgIpc) is 3.25. The number of unbranched alkanes of at least 4 members (excludes halogenated alkanes) is 22. The first-order valence-corrected chi connectivity index (χ1v) is 24.4. The van der Waals surface area contributed by atoms with Gasteiger partial charge in [0.05, 0.1) is 25.4 Å². The Labute approximate surface area is 365 Å². The Hall–Kier alpha value is -1.67. The van der Waals surface area contributed by atoms with Crippen LogP contribution in [0.2, 0.25) is 0 Å². The molecule has 0 aromatic rings. The highest BCUT2D eigenvalue weighted by Crippen LogP contribution is 2.23. The summed E-state index contributed by atoms with van der Waals surface area (Å²) < 4.78 is 11.1. The van der Waals surface area contributed by atoms with E-state index in [1.54, 1.807) is 0 Å². The van der Waals surface area contributed by atoms with Gasteiger partial charge in [-0.15, -0.1) is 0 Å². The van der Waals surface area contributed by atoms with Gasteiger partial charge in [-0.25, -0.2) is 0 Å². The van der Waals surface area contributed by atoms with Crippen molar-refractivity contribution in [2.24, 2.45) is 0 Å². The van der Waals surface area contributed by atoms with Crippen molar-refractivity contribution < 1.29 is 50.0 Å². The van der Waals surface area contributed by atoms with Crippen molar-refractivity contribution in [2.45, 2.75) is 255 Å². The Morgan fingerprint density at radius 3 is 1.50 bits per heavy atom. The summed E-state index contributed by atoms with van der Waals surface area (Å²) in [6.07, 6.45) is 33.4. The number of amides is 1. The van der Waals surface area contributed by atoms with Crippen molar-refractivity contribution in [1.29, 1.82) is 0 Å². The van der Waals surface area contributed by atoms with Crippen molar-refractivity contribution >= 4 is 5.91 Å². The minimum atomic E-state index is -1.67. The fourth-order valence-corrected chi connectivity index (χ4v) is 7.66. The molecule has 1 heterocycles. The standard InChI is InChI=1S/C49H91NO10/c1-3-5-7-9-11-13-15-17-18-19-20-21-22-23-25-27-29-31-33-35-37-42(53)48(58)50-40(39-59-49-47(57)46(56)45(55)43(38-51)60-49)44(54)41(52)36-34-32-30-28-26-24-16-14-12-10-8-6-4-2/h6,8,14,16,28,30,40-47,49,51-57H,3-5,7,9-13,15,17-27,29,31-39H2,1-2H3,(H,50,58)/b8-6+,16-14+,30-28+. The molecule has 9 atom stereocenters. The number of allylic oxidation sites excluding steroid dienone is 6. The Balaban J connectivity index is 2.41. The molecule has 0 saturated carbocycles. The molecule has 11 heteroatoms. The van der Waals surface area contributed by atoms with Crippen molar-refractivity contribution in [3.05, 3.63) is 36.5 Å². The monoisotopic (exact) mass is 854 g/mol. The molecule has 1 aliphatic heterocycles. The van der Waals surface area contributed by atoms with E-state index < -0.39 is 74.2 Å². The van der Waals surface area contributed by atoms with Crippen molar-refractivity contribution in [1.82, 2.24) is 5.32 Å². The molecule has 352 valence electrons. The van der Waals surface area contributed by atoms with Gasteiger partial charge in [0.1, 0.15) is 36.6 Å². The van der Waals surface area contributed by atoms with Gasteiger partial charge in [0, 0.05) is 0 Å². The summed E-state index contributed by atoms with van der Waals surface area (Å²) in [6.45, 7) is 3.31. The van der Waals surface area contributed by atoms with Crippen LogP contribution in [0.4, 0.5) is 0 Å². The van der Waals surface area contributed by atoms with Crippen LogP contribution in [0.5, 0.6) is 0 Å². The second-order valence-electron chi connectivity index (χ2n) is 17.1. The predicted molar refractivity (Wildman–Crippen MR) is 242 cm³/mol. The number of ether oxygens (including phenoxy) is 2. The molecule has 0 aromatic carbocycles. The van der Waals surface area contributed by atoms with Gasteiger partial charge in [-0.3, -0.25) is 4.79 Å². The molecule has 11 nitrogen and oxygen atoms in total. The summed E-state index contributed by atoms with van der Waals surface area (Å²) in [5.74, 6) is -0.712. The molecular formula is C49H91NO10. The minimum Gasteiger partial charge on any atom is -0.394 e. The molecule has 9 unspecified atom stereocenters. The van der Waals surface area contributed by atoms with Gasteiger partial charge in [-0.1, -0.05) is 179 Å². The number of rotatable bonds is 40. The lowest BCUT2D eigenvalue weighted by molar-refractivity contribution is -0.303. The second-order valence-corrected chi connectivity index (χ2v) is 17.1. The lowest BCUT2D eigenvalue weighted by atomic mass is 9.98. The number of aliphatic hydroxyl groups excluding tert-OH is 7. The quantitative estimate of drug-likeness (QED) is 0.0220. The van der Waals surface area contributed by atoms with Crippen LogP contribution in [0.25, 0.3) is 0 Å². The third kappa shape index (κ3) is 28.1. The smallest absolute Gasteiger partial charge is 0.249 e. The highest BCUT2D eigenvalue weighted by Gasteiger charge is 2.44. The third-order valence-electron chi connectivity index (χ3n) is 11.7. The van der Waals surface area contributed by atoms with Gasteiger partial charge >= 0.3 is 0 Å². The maximum absolute atomic E-state index is 13.1. The van der Waals surface area contributed by atoms with Crippen LogP contribution >= 0.6 is 0 Å². The molecule has 0 bridgehead atoms. The van der Waals surface area contributed by atoms with Gasteiger partial charge in [-0.2, -0.15) is 0 Å². The van der Waals surface area contributed by atoms with E-state index in [1.165, 1.54) is 103 Å². The van der Waals surface area contributed by atoms with Gasteiger partial charge in [-0.05, 0) is 57.8 Å². The van der Waals surface area contributed by atoms with Gasteiger partial charge < -0.3 is 50.5 Å². The maximum Gasteiger partial charge on any atom is 0.249 e. The van der Waals surface area contributed by atoms with E-state index in [-0.39, 0.29) is 12.8 Å². The molecule has 1 fully saturated rings. The van der Waals surface area contributed by atoms with Crippen LogP contribution in [-0.2, 0) is 14.3 Å². The van der Waals surface area contributed by atoms with Crippen molar-refractivity contribution in [3.63, 3.8) is 0 Å². The van der Waals surface area contributed by atoms with E-state index in [4.69, 9.17) is 9.47 Å². The first kappa shape index (κ1) is 56.3. The molecule has 1 amide bonds. The number of aliphatic hydroxyl groups is 7. The number of nitrogens with one attached hydrogen (secondary N) is 1. The molecule has 0 aromatic heterocycles. The normalized spacial score (nSPS) is 21.9. The summed E-state index contributed by atoms with van der Waals surface area (Å²) in [6, 6.07) is -1.19. The Kier molecular flexibility index (Phi) is 36.6. The minimum absolute atomic E-state index is 0.241. The van der Waals surface area contributed by atoms with Crippen LogP contribution in [0.3, 0.4) is 0 Å². The van der Waals surface area contributed by atoms with E-state index in [2.05, 4.69) is 55.6 Å². The molecule has 0 aliphatic carbocycles. The van der Waals surface area contributed by atoms with Crippen LogP contribution in [-0.4, -0.2) is 110 Å².